The number of nitrogens with zero attached hydrogens (tertiary/aromatic N) is 2. The molecule has 0 spiro atoms. The van der Waals surface area contributed by atoms with E-state index >= 15 is 0 Å². The Morgan fingerprint density at radius 1 is 1.28 bits per heavy atom. The van der Waals surface area contributed by atoms with Crippen LogP contribution < -0.4 is 10.1 Å². The minimum Gasteiger partial charge on any atom is -0.488 e. The lowest BCUT2D eigenvalue weighted by Crippen LogP contribution is -2.12. The average Bonchev–Trinajstić information content (AvgIpc) is 2.90. The molecule has 1 aromatic heterocycles. The molecule has 2 aromatic carbocycles. The Kier molecular flexibility index (Phi) is 3.68. The average molecular weight is 357 g/mol. The molecular weight excluding hydrogens is 338 g/mol. The monoisotopic (exact) mass is 357 g/mol. The van der Waals surface area contributed by atoms with Crippen molar-refractivity contribution < 1.29 is 13.2 Å². The van der Waals surface area contributed by atoms with Gasteiger partial charge < -0.3 is 10.1 Å². The molecule has 0 bridgehead atoms. The first kappa shape index (κ1) is 16.0. The zero-order valence-corrected chi connectivity index (χ0v) is 14.9. The summed E-state index contributed by atoms with van der Waals surface area (Å²) in [6.07, 6.45) is 3.79. The molecule has 2 heterocycles. The third kappa shape index (κ3) is 2.84. The molecule has 3 aromatic rings. The van der Waals surface area contributed by atoms with Gasteiger partial charge >= 0.3 is 0 Å². The summed E-state index contributed by atoms with van der Waals surface area (Å²) in [5, 5.41) is 8.18. The van der Waals surface area contributed by atoms with Crippen LogP contribution in [0.2, 0.25) is 0 Å². The van der Waals surface area contributed by atoms with Crippen LogP contribution in [-0.4, -0.2) is 36.5 Å². The molecule has 7 heteroatoms. The maximum atomic E-state index is 11.8. The van der Waals surface area contributed by atoms with Crippen molar-refractivity contribution in [3.05, 3.63) is 42.6 Å². The lowest BCUT2D eigenvalue weighted by atomic mass is 10.0. The molecule has 6 nitrogen and oxygen atoms in total. The minimum absolute atomic E-state index is 0.131. The van der Waals surface area contributed by atoms with Crippen molar-refractivity contribution in [1.29, 1.82) is 0 Å². The molecule has 0 radical (unpaired) electrons. The van der Waals surface area contributed by atoms with Gasteiger partial charge in [0.1, 0.15) is 0 Å². The second-order valence-electron chi connectivity index (χ2n) is 6.35. The number of fused-ring (bicyclic) bond motifs is 2. The molecule has 1 aliphatic rings. The number of para-hydroxylation sites is 1. The van der Waals surface area contributed by atoms with Gasteiger partial charge in [-0.25, -0.2) is 8.42 Å². The molecule has 130 valence electrons. The number of ether oxygens (including phenoxy) is 1. The zero-order valence-electron chi connectivity index (χ0n) is 14.1. The normalized spacial score (nSPS) is 17.4. The van der Waals surface area contributed by atoms with E-state index < -0.39 is 10.0 Å². The first-order valence-electron chi connectivity index (χ1n) is 8.16. The van der Waals surface area contributed by atoms with Crippen molar-refractivity contribution in [3.8, 4) is 16.9 Å². The Bertz CT molecular complexity index is 1060. The molecule has 0 saturated heterocycles. The van der Waals surface area contributed by atoms with E-state index in [1.54, 1.807) is 12.3 Å². The van der Waals surface area contributed by atoms with Crippen LogP contribution in [0.1, 0.15) is 13.3 Å². The topological polar surface area (TPSA) is 73.2 Å². The van der Waals surface area contributed by atoms with Gasteiger partial charge in [0.2, 0.25) is 0 Å². The van der Waals surface area contributed by atoms with Gasteiger partial charge in [0.05, 0.1) is 29.8 Å². The molecule has 0 aliphatic carbocycles. The van der Waals surface area contributed by atoms with Crippen molar-refractivity contribution in [1.82, 2.24) is 9.19 Å². The highest BCUT2D eigenvalue weighted by Gasteiger charge is 2.19. The van der Waals surface area contributed by atoms with Crippen LogP contribution >= 0.6 is 0 Å². The lowest BCUT2D eigenvalue weighted by molar-refractivity contribution is 0.222. The number of hydrogen-bond donors (Lipinski definition) is 1. The fraction of sp³-hybridized carbons (Fsp3) is 0.278. The molecule has 0 fully saturated rings. The summed E-state index contributed by atoms with van der Waals surface area (Å²) >= 11 is 0. The fourth-order valence-corrected chi connectivity index (χ4v) is 3.88. The summed E-state index contributed by atoms with van der Waals surface area (Å²) in [5.41, 5.74) is 3.50. The van der Waals surface area contributed by atoms with E-state index in [4.69, 9.17) is 4.74 Å². The third-order valence-electron chi connectivity index (χ3n) is 4.36. The van der Waals surface area contributed by atoms with E-state index in [2.05, 4.69) is 17.3 Å². The third-order valence-corrected chi connectivity index (χ3v) is 5.28. The maximum Gasteiger partial charge on any atom is 0.251 e. The minimum atomic E-state index is -3.42. The predicted molar refractivity (Wildman–Crippen MR) is 98.6 cm³/mol. The molecule has 1 N–H and O–H groups in total. The predicted octanol–water partition coefficient (Wildman–Crippen LogP) is 3.09. The standard InChI is InChI=1S/C18H19N3O3S/c1-12-8-9-19-16-5-3-4-15(18(16)24-12)13-6-7-17-14(10-13)11-20-21(17)25(2,22)23/h3-7,10-12,19H,8-9H2,1-2H3/t12-/m1/s1. The number of benzene rings is 2. The maximum absolute atomic E-state index is 11.8. The number of aromatic nitrogens is 2. The lowest BCUT2D eigenvalue weighted by Gasteiger charge is -2.16. The molecular formula is C18H19N3O3S. The summed E-state index contributed by atoms with van der Waals surface area (Å²) in [6.45, 7) is 2.94. The van der Waals surface area contributed by atoms with E-state index in [0.29, 0.717) is 5.52 Å². The van der Waals surface area contributed by atoms with Gasteiger partial charge in [-0.05, 0) is 30.7 Å². The van der Waals surface area contributed by atoms with Crippen LogP contribution in [0.3, 0.4) is 0 Å². The molecule has 25 heavy (non-hydrogen) atoms. The number of nitrogens with one attached hydrogen (secondary N) is 1. The summed E-state index contributed by atoms with van der Waals surface area (Å²) < 4.78 is 30.8. The second-order valence-corrected chi connectivity index (χ2v) is 8.16. The van der Waals surface area contributed by atoms with Crippen LogP contribution in [0.15, 0.2) is 42.6 Å². The first-order chi connectivity index (χ1) is 11.9. The van der Waals surface area contributed by atoms with E-state index in [0.717, 1.165) is 51.3 Å². The van der Waals surface area contributed by atoms with Crippen LogP contribution in [-0.2, 0) is 10.0 Å². The van der Waals surface area contributed by atoms with Gasteiger partial charge in [-0.3, -0.25) is 0 Å². The smallest absolute Gasteiger partial charge is 0.251 e. The van der Waals surface area contributed by atoms with E-state index in [1.807, 2.05) is 30.3 Å². The summed E-state index contributed by atoms with van der Waals surface area (Å²) in [5.74, 6) is 0.836. The second kappa shape index (κ2) is 5.77. The van der Waals surface area contributed by atoms with E-state index in [1.165, 1.54) is 0 Å². The van der Waals surface area contributed by atoms with Crippen molar-refractivity contribution >= 4 is 26.6 Å². The van der Waals surface area contributed by atoms with Gasteiger partial charge in [-0.1, -0.05) is 18.2 Å². The van der Waals surface area contributed by atoms with E-state index in [-0.39, 0.29) is 6.10 Å². The number of hydrogen-bond acceptors (Lipinski definition) is 5. The molecule has 0 unspecified atom stereocenters. The molecule has 1 aliphatic heterocycles. The van der Waals surface area contributed by atoms with E-state index in [9.17, 15) is 8.42 Å². The highest BCUT2D eigenvalue weighted by atomic mass is 32.2. The number of anilines is 1. The Labute approximate surface area is 146 Å². The van der Waals surface area contributed by atoms with Crippen molar-refractivity contribution in [2.75, 3.05) is 18.1 Å². The highest BCUT2D eigenvalue weighted by molar-refractivity contribution is 7.89. The summed E-state index contributed by atoms with van der Waals surface area (Å²) in [6, 6.07) is 11.6. The Morgan fingerprint density at radius 3 is 2.92 bits per heavy atom. The largest absolute Gasteiger partial charge is 0.488 e. The van der Waals surface area contributed by atoms with Crippen LogP contribution in [0.5, 0.6) is 5.75 Å². The Morgan fingerprint density at radius 2 is 2.12 bits per heavy atom. The van der Waals surface area contributed by atoms with Gasteiger partial charge in [-0.2, -0.15) is 9.19 Å². The van der Waals surface area contributed by atoms with Crippen molar-refractivity contribution in [3.63, 3.8) is 0 Å². The molecule has 1 atom stereocenters. The summed E-state index contributed by atoms with van der Waals surface area (Å²) in [7, 11) is -3.42. The van der Waals surface area contributed by atoms with Crippen LogP contribution in [0.25, 0.3) is 22.0 Å². The van der Waals surface area contributed by atoms with Crippen LogP contribution in [0, 0.1) is 0 Å². The first-order valence-corrected chi connectivity index (χ1v) is 10.0. The molecule has 0 saturated carbocycles. The van der Waals surface area contributed by atoms with Crippen LogP contribution in [0.4, 0.5) is 5.69 Å². The molecule has 0 amide bonds. The Balaban J connectivity index is 1.86. The van der Waals surface area contributed by atoms with Gasteiger partial charge in [0.15, 0.2) is 5.75 Å². The quantitative estimate of drug-likeness (QED) is 0.763. The zero-order chi connectivity index (χ0) is 17.6. The van der Waals surface area contributed by atoms with Crippen molar-refractivity contribution in [2.24, 2.45) is 0 Å². The van der Waals surface area contributed by atoms with Gasteiger partial charge in [-0.15, -0.1) is 0 Å². The summed E-state index contributed by atoms with van der Waals surface area (Å²) in [4.78, 5) is 0. The fourth-order valence-electron chi connectivity index (χ4n) is 3.14. The number of rotatable bonds is 2. The molecule has 4 rings (SSSR count). The van der Waals surface area contributed by atoms with Gasteiger partial charge in [0, 0.05) is 23.9 Å². The van der Waals surface area contributed by atoms with Gasteiger partial charge in [0.25, 0.3) is 10.0 Å². The highest BCUT2D eigenvalue weighted by Crippen LogP contribution is 2.39. The van der Waals surface area contributed by atoms with Crippen molar-refractivity contribution in [2.45, 2.75) is 19.4 Å². The SMILES string of the molecule is C[C@@H]1CCNc2cccc(-c3ccc4c(cnn4S(C)(=O)=O)c3)c2O1. The Hall–Kier alpha value is -2.54.